The van der Waals surface area contributed by atoms with Crippen molar-refractivity contribution < 1.29 is 14.3 Å². The number of amides is 1. The Hall–Kier alpha value is -1.01. The van der Waals surface area contributed by atoms with E-state index in [1.807, 2.05) is 18.7 Å². The number of likely N-dealkylation sites (tertiary alicyclic amines) is 1. The molecule has 1 amide bonds. The first-order valence-corrected chi connectivity index (χ1v) is 8.96. The Kier molecular flexibility index (Phi) is 9.57. The highest BCUT2D eigenvalue weighted by molar-refractivity contribution is 6.31. The summed E-state index contributed by atoms with van der Waals surface area (Å²) in [7, 11) is 0. The summed E-state index contributed by atoms with van der Waals surface area (Å²) >= 11 is 6.07. The largest absolute Gasteiger partial charge is 0.490 e. The van der Waals surface area contributed by atoms with Crippen molar-refractivity contribution in [3.05, 3.63) is 28.8 Å². The van der Waals surface area contributed by atoms with Crippen molar-refractivity contribution in [2.45, 2.75) is 45.3 Å². The van der Waals surface area contributed by atoms with Crippen LogP contribution in [0.15, 0.2) is 18.2 Å². The molecule has 5 nitrogen and oxygen atoms in total. The maximum Gasteiger partial charge on any atom is 0.257 e. The van der Waals surface area contributed by atoms with Gasteiger partial charge in [-0.15, -0.1) is 12.4 Å². The van der Waals surface area contributed by atoms with E-state index in [0.29, 0.717) is 42.6 Å². The molecule has 1 fully saturated rings. The molecule has 0 unspecified atom stereocenters. The fourth-order valence-electron chi connectivity index (χ4n) is 2.76. The van der Waals surface area contributed by atoms with E-state index >= 15 is 0 Å². The number of hydrogen-bond acceptors (Lipinski definition) is 4. The predicted octanol–water partition coefficient (Wildman–Crippen LogP) is 3.52. The lowest BCUT2D eigenvalue weighted by Gasteiger charge is -2.32. The zero-order valence-corrected chi connectivity index (χ0v) is 16.4. The van der Waals surface area contributed by atoms with Crippen molar-refractivity contribution in [2.24, 2.45) is 5.73 Å². The zero-order chi connectivity index (χ0) is 17.5. The van der Waals surface area contributed by atoms with Gasteiger partial charge in [-0.2, -0.15) is 0 Å². The van der Waals surface area contributed by atoms with E-state index in [2.05, 4.69) is 0 Å². The fraction of sp³-hybridized carbons (Fsp3) is 0.611. The lowest BCUT2D eigenvalue weighted by molar-refractivity contribution is 0.00834. The van der Waals surface area contributed by atoms with Crippen molar-refractivity contribution in [2.75, 3.05) is 26.2 Å². The summed E-state index contributed by atoms with van der Waals surface area (Å²) in [6.45, 7) is 6.57. The van der Waals surface area contributed by atoms with E-state index in [0.717, 1.165) is 19.3 Å². The number of rotatable bonds is 7. The molecule has 1 aromatic rings. The van der Waals surface area contributed by atoms with Gasteiger partial charge in [-0.3, -0.25) is 4.79 Å². The van der Waals surface area contributed by atoms with Crippen LogP contribution in [0.3, 0.4) is 0 Å². The first kappa shape index (κ1) is 22.0. The topological polar surface area (TPSA) is 64.8 Å². The first-order valence-electron chi connectivity index (χ1n) is 8.58. The second-order valence-corrected chi connectivity index (χ2v) is 6.75. The molecule has 0 spiro atoms. The fourth-order valence-corrected chi connectivity index (χ4v) is 2.93. The second kappa shape index (κ2) is 10.9. The maximum absolute atomic E-state index is 12.9. The first-order chi connectivity index (χ1) is 11.5. The lowest BCUT2D eigenvalue weighted by Crippen LogP contribution is -2.41. The maximum atomic E-state index is 12.9. The summed E-state index contributed by atoms with van der Waals surface area (Å²) in [4.78, 5) is 14.7. The number of ether oxygens (including phenoxy) is 2. The molecule has 0 saturated carbocycles. The molecule has 1 aliphatic heterocycles. The van der Waals surface area contributed by atoms with Crippen LogP contribution in [0.1, 0.15) is 43.5 Å². The number of hydrogen-bond donors (Lipinski definition) is 1. The second-order valence-electron chi connectivity index (χ2n) is 6.31. The molecule has 0 atom stereocenters. The summed E-state index contributed by atoms with van der Waals surface area (Å²) in [5.74, 6) is 0.550. The van der Waals surface area contributed by atoms with E-state index < -0.39 is 0 Å². The molecule has 0 aromatic heterocycles. The number of piperidine rings is 1. The molecule has 0 radical (unpaired) electrons. The van der Waals surface area contributed by atoms with Gasteiger partial charge in [0.05, 0.1) is 17.8 Å². The molecule has 1 aromatic carbocycles. The third-order valence-electron chi connectivity index (χ3n) is 3.97. The monoisotopic (exact) mass is 390 g/mol. The molecule has 142 valence electrons. The van der Waals surface area contributed by atoms with Crippen LogP contribution in [-0.2, 0) is 4.74 Å². The molecule has 7 heteroatoms. The van der Waals surface area contributed by atoms with E-state index in [-0.39, 0.29) is 30.5 Å². The Bertz CT molecular complexity index is 547. The van der Waals surface area contributed by atoms with Gasteiger partial charge in [0, 0.05) is 24.7 Å². The standard InChI is InChI=1S/C18H27ClN2O3.ClH/c1-13(2)24-17-5-4-14(19)12-16(17)18(22)21-9-6-15(7-10-21)23-11-3-8-20;/h4-5,12-13,15H,3,6-11,20H2,1-2H3;1H. The third kappa shape index (κ3) is 6.66. The molecule has 0 bridgehead atoms. The van der Waals surface area contributed by atoms with Crippen LogP contribution in [0.5, 0.6) is 5.75 Å². The molecular weight excluding hydrogens is 363 g/mol. The Morgan fingerprint density at radius 1 is 1.36 bits per heavy atom. The highest BCUT2D eigenvalue weighted by Gasteiger charge is 2.26. The quantitative estimate of drug-likeness (QED) is 0.723. The smallest absolute Gasteiger partial charge is 0.257 e. The summed E-state index contributed by atoms with van der Waals surface area (Å²) in [5.41, 5.74) is 6.00. The van der Waals surface area contributed by atoms with Gasteiger partial charge in [-0.25, -0.2) is 0 Å². The van der Waals surface area contributed by atoms with Crippen LogP contribution in [-0.4, -0.2) is 49.3 Å². The van der Waals surface area contributed by atoms with E-state index in [4.69, 9.17) is 26.8 Å². The van der Waals surface area contributed by atoms with Gasteiger partial charge < -0.3 is 20.1 Å². The van der Waals surface area contributed by atoms with Crippen LogP contribution < -0.4 is 10.5 Å². The lowest BCUT2D eigenvalue weighted by atomic mass is 10.1. The number of carbonyl (C=O) groups excluding carboxylic acids is 1. The molecule has 0 aliphatic carbocycles. The average Bonchev–Trinajstić information content (AvgIpc) is 2.56. The third-order valence-corrected chi connectivity index (χ3v) is 4.20. The van der Waals surface area contributed by atoms with Crippen molar-refractivity contribution in [1.82, 2.24) is 4.90 Å². The SMILES string of the molecule is CC(C)Oc1ccc(Cl)cc1C(=O)N1CCC(OCCCN)CC1.Cl. The van der Waals surface area contributed by atoms with Crippen molar-refractivity contribution in [3.63, 3.8) is 0 Å². The molecule has 1 aliphatic rings. The molecule has 2 N–H and O–H groups in total. The minimum absolute atomic E-state index is 0. The predicted molar refractivity (Wildman–Crippen MR) is 103 cm³/mol. The van der Waals surface area contributed by atoms with E-state index in [1.54, 1.807) is 18.2 Å². The molecule has 25 heavy (non-hydrogen) atoms. The summed E-state index contributed by atoms with van der Waals surface area (Å²) < 4.78 is 11.5. The van der Waals surface area contributed by atoms with Crippen LogP contribution >= 0.6 is 24.0 Å². The Labute approximate surface area is 161 Å². The van der Waals surface area contributed by atoms with E-state index in [9.17, 15) is 4.79 Å². The van der Waals surface area contributed by atoms with Gasteiger partial charge in [-0.1, -0.05) is 11.6 Å². The van der Waals surface area contributed by atoms with Gasteiger partial charge in [0.15, 0.2) is 0 Å². The van der Waals surface area contributed by atoms with Crippen LogP contribution in [0, 0.1) is 0 Å². The van der Waals surface area contributed by atoms with Crippen LogP contribution in [0.25, 0.3) is 0 Å². The minimum Gasteiger partial charge on any atom is -0.490 e. The summed E-state index contributed by atoms with van der Waals surface area (Å²) in [5, 5.41) is 0.537. The van der Waals surface area contributed by atoms with Gasteiger partial charge in [0.1, 0.15) is 5.75 Å². The number of halogens is 2. The molecule has 2 rings (SSSR count). The Morgan fingerprint density at radius 3 is 2.64 bits per heavy atom. The zero-order valence-electron chi connectivity index (χ0n) is 14.9. The Balaban J connectivity index is 0.00000312. The average molecular weight is 391 g/mol. The molecule has 1 saturated heterocycles. The Morgan fingerprint density at radius 2 is 2.04 bits per heavy atom. The van der Waals surface area contributed by atoms with Crippen molar-refractivity contribution in [3.8, 4) is 5.75 Å². The number of benzene rings is 1. The van der Waals surface area contributed by atoms with Crippen molar-refractivity contribution in [1.29, 1.82) is 0 Å². The summed E-state index contributed by atoms with van der Waals surface area (Å²) in [6.07, 6.45) is 2.78. The van der Waals surface area contributed by atoms with Gasteiger partial charge in [-0.05, 0) is 57.9 Å². The summed E-state index contributed by atoms with van der Waals surface area (Å²) in [6, 6.07) is 5.19. The van der Waals surface area contributed by atoms with Gasteiger partial charge in [0.2, 0.25) is 0 Å². The number of nitrogens with zero attached hydrogens (tertiary/aromatic N) is 1. The van der Waals surface area contributed by atoms with E-state index in [1.165, 1.54) is 0 Å². The molecular formula is C18H28Cl2N2O3. The number of nitrogens with two attached hydrogens (primary N) is 1. The highest BCUT2D eigenvalue weighted by Crippen LogP contribution is 2.27. The highest BCUT2D eigenvalue weighted by atomic mass is 35.5. The van der Waals surface area contributed by atoms with Gasteiger partial charge >= 0.3 is 0 Å². The number of carbonyl (C=O) groups is 1. The van der Waals surface area contributed by atoms with Crippen LogP contribution in [0.2, 0.25) is 5.02 Å². The van der Waals surface area contributed by atoms with Gasteiger partial charge in [0.25, 0.3) is 5.91 Å². The van der Waals surface area contributed by atoms with Crippen molar-refractivity contribution >= 4 is 29.9 Å². The minimum atomic E-state index is -0.0337. The molecule has 1 heterocycles. The normalized spacial score (nSPS) is 15.2. The van der Waals surface area contributed by atoms with Crippen LogP contribution in [0.4, 0.5) is 0 Å².